The summed E-state index contributed by atoms with van der Waals surface area (Å²) < 4.78 is 0. The summed E-state index contributed by atoms with van der Waals surface area (Å²) >= 11 is 1.32. The van der Waals surface area contributed by atoms with Gasteiger partial charge in [0.25, 0.3) is 0 Å². The summed E-state index contributed by atoms with van der Waals surface area (Å²) in [5.41, 5.74) is 2.20. The molecule has 0 aliphatic heterocycles. The Kier molecular flexibility index (Phi) is 3.74. The van der Waals surface area contributed by atoms with Crippen LogP contribution in [0.4, 0.5) is 5.69 Å². The predicted octanol–water partition coefficient (Wildman–Crippen LogP) is 4.47. The molecular formula is C16H17NO2S. The van der Waals surface area contributed by atoms with E-state index in [1.807, 2.05) is 18.2 Å². The van der Waals surface area contributed by atoms with Gasteiger partial charge in [-0.05, 0) is 42.7 Å². The lowest BCUT2D eigenvalue weighted by Crippen LogP contribution is -2.14. The summed E-state index contributed by atoms with van der Waals surface area (Å²) in [4.78, 5) is 12.3. The number of carboxylic acids is 1. The van der Waals surface area contributed by atoms with E-state index in [1.165, 1.54) is 37.0 Å². The van der Waals surface area contributed by atoms with Gasteiger partial charge >= 0.3 is 5.97 Å². The molecule has 0 spiro atoms. The molecule has 0 unspecified atom stereocenters. The topological polar surface area (TPSA) is 49.3 Å². The number of thiophene rings is 1. The monoisotopic (exact) mass is 287 g/mol. The van der Waals surface area contributed by atoms with Crippen LogP contribution in [0.5, 0.6) is 0 Å². The molecule has 4 heteroatoms. The van der Waals surface area contributed by atoms with Crippen molar-refractivity contribution < 1.29 is 9.90 Å². The number of nitrogens with one attached hydrogen (secondary N) is 1. The van der Waals surface area contributed by atoms with Gasteiger partial charge in [0.15, 0.2) is 0 Å². The Morgan fingerprint density at radius 2 is 2.00 bits per heavy atom. The second kappa shape index (κ2) is 5.67. The first kappa shape index (κ1) is 13.2. The maximum Gasteiger partial charge on any atom is 0.345 e. The average molecular weight is 287 g/mol. The maximum absolute atomic E-state index is 10.9. The van der Waals surface area contributed by atoms with Crippen LogP contribution in [-0.4, -0.2) is 17.1 Å². The second-order valence-electron chi connectivity index (χ2n) is 5.18. The normalized spacial score (nSPS) is 15.4. The number of aromatic carboxylic acids is 1. The lowest BCUT2D eigenvalue weighted by atomic mass is 10.1. The molecule has 1 aliphatic rings. The van der Waals surface area contributed by atoms with Crippen molar-refractivity contribution >= 4 is 23.0 Å². The molecule has 20 heavy (non-hydrogen) atoms. The summed E-state index contributed by atoms with van der Waals surface area (Å²) in [6.07, 6.45) is 5.10. The quantitative estimate of drug-likeness (QED) is 0.872. The minimum atomic E-state index is -0.860. The van der Waals surface area contributed by atoms with Gasteiger partial charge in [-0.3, -0.25) is 0 Å². The van der Waals surface area contributed by atoms with Crippen molar-refractivity contribution in [2.75, 3.05) is 5.32 Å². The molecule has 0 saturated heterocycles. The molecule has 1 aromatic carbocycles. The number of carboxylic acid groups (broad SMARTS) is 1. The number of rotatable bonds is 4. The first-order valence-corrected chi connectivity index (χ1v) is 7.74. The zero-order valence-corrected chi connectivity index (χ0v) is 12.0. The van der Waals surface area contributed by atoms with Crippen LogP contribution in [0, 0.1) is 0 Å². The number of anilines is 1. The molecule has 2 aromatic rings. The zero-order valence-electron chi connectivity index (χ0n) is 11.1. The fourth-order valence-electron chi connectivity index (χ4n) is 2.68. The van der Waals surface area contributed by atoms with E-state index in [0.29, 0.717) is 10.9 Å². The Morgan fingerprint density at radius 1 is 1.20 bits per heavy atom. The molecule has 104 valence electrons. The standard InChI is InChI=1S/C16H17NO2S/c18-16(19)15-9-8-14(20-15)11-4-3-7-13(10-11)17-12-5-1-2-6-12/h3-4,7-10,12,17H,1-2,5-6H2,(H,18,19). The van der Waals surface area contributed by atoms with Crippen molar-refractivity contribution in [2.24, 2.45) is 0 Å². The minimum Gasteiger partial charge on any atom is -0.477 e. The van der Waals surface area contributed by atoms with Gasteiger partial charge in [-0.25, -0.2) is 4.79 Å². The van der Waals surface area contributed by atoms with E-state index in [-0.39, 0.29) is 0 Å². The van der Waals surface area contributed by atoms with Crippen molar-refractivity contribution in [3.8, 4) is 10.4 Å². The van der Waals surface area contributed by atoms with E-state index in [2.05, 4.69) is 17.4 Å². The maximum atomic E-state index is 10.9. The number of carbonyl (C=O) groups is 1. The summed E-state index contributed by atoms with van der Waals surface area (Å²) in [6.45, 7) is 0. The van der Waals surface area contributed by atoms with Crippen LogP contribution in [-0.2, 0) is 0 Å². The van der Waals surface area contributed by atoms with Crippen LogP contribution in [0.3, 0.4) is 0 Å². The first-order chi connectivity index (χ1) is 9.72. The Morgan fingerprint density at radius 3 is 2.70 bits per heavy atom. The first-order valence-electron chi connectivity index (χ1n) is 6.92. The van der Waals surface area contributed by atoms with Gasteiger partial charge in [0.05, 0.1) is 0 Å². The van der Waals surface area contributed by atoms with E-state index in [9.17, 15) is 4.79 Å². The van der Waals surface area contributed by atoms with Crippen LogP contribution in [0.15, 0.2) is 36.4 Å². The number of benzene rings is 1. The molecule has 2 N–H and O–H groups in total. The van der Waals surface area contributed by atoms with Crippen LogP contribution in [0.2, 0.25) is 0 Å². The summed E-state index contributed by atoms with van der Waals surface area (Å²) in [7, 11) is 0. The van der Waals surface area contributed by atoms with E-state index in [4.69, 9.17) is 5.11 Å². The van der Waals surface area contributed by atoms with Gasteiger partial charge in [-0.15, -0.1) is 11.3 Å². The fraction of sp³-hybridized carbons (Fsp3) is 0.312. The van der Waals surface area contributed by atoms with E-state index in [1.54, 1.807) is 6.07 Å². The molecule has 1 saturated carbocycles. The third-order valence-corrected chi connectivity index (χ3v) is 4.81. The zero-order chi connectivity index (χ0) is 13.9. The summed E-state index contributed by atoms with van der Waals surface area (Å²) in [6, 6.07) is 12.4. The molecule has 0 amide bonds. The SMILES string of the molecule is O=C(O)c1ccc(-c2cccc(NC3CCCC3)c2)s1. The van der Waals surface area contributed by atoms with Gasteiger partial charge in [0.1, 0.15) is 4.88 Å². The van der Waals surface area contributed by atoms with Crippen LogP contribution in [0.25, 0.3) is 10.4 Å². The second-order valence-corrected chi connectivity index (χ2v) is 6.26. The highest BCUT2D eigenvalue weighted by Crippen LogP contribution is 2.31. The lowest BCUT2D eigenvalue weighted by molar-refractivity contribution is 0.0702. The molecule has 1 aliphatic carbocycles. The van der Waals surface area contributed by atoms with Gasteiger partial charge in [-0.2, -0.15) is 0 Å². The molecule has 3 nitrogen and oxygen atoms in total. The van der Waals surface area contributed by atoms with Crippen molar-refractivity contribution in [1.82, 2.24) is 0 Å². The van der Waals surface area contributed by atoms with Crippen LogP contribution >= 0.6 is 11.3 Å². The predicted molar refractivity (Wildman–Crippen MR) is 82.6 cm³/mol. The van der Waals surface area contributed by atoms with Crippen LogP contribution < -0.4 is 5.32 Å². The molecule has 0 atom stereocenters. The van der Waals surface area contributed by atoms with Crippen molar-refractivity contribution in [3.63, 3.8) is 0 Å². The third kappa shape index (κ3) is 2.85. The minimum absolute atomic E-state index is 0.383. The van der Waals surface area contributed by atoms with E-state index in [0.717, 1.165) is 16.1 Å². The average Bonchev–Trinajstić information content (AvgIpc) is 3.09. The summed E-state index contributed by atoms with van der Waals surface area (Å²) in [5.74, 6) is -0.860. The Bertz CT molecular complexity index is 614. The Balaban J connectivity index is 1.80. The third-order valence-electron chi connectivity index (χ3n) is 3.69. The molecule has 1 fully saturated rings. The highest BCUT2D eigenvalue weighted by Gasteiger charge is 2.15. The summed E-state index contributed by atoms with van der Waals surface area (Å²) in [5, 5.41) is 12.6. The van der Waals surface area contributed by atoms with Crippen molar-refractivity contribution in [3.05, 3.63) is 41.3 Å². The highest BCUT2D eigenvalue weighted by atomic mass is 32.1. The molecule has 1 aromatic heterocycles. The van der Waals surface area contributed by atoms with E-state index < -0.39 is 5.97 Å². The molecular weight excluding hydrogens is 270 g/mol. The van der Waals surface area contributed by atoms with Gasteiger partial charge in [-0.1, -0.05) is 25.0 Å². The number of hydrogen-bond donors (Lipinski definition) is 2. The van der Waals surface area contributed by atoms with Crippen molar-refractivity contribution in [1.29, 1.82) is 0 Å². The molecule has 3 rings (SSSR count). The largest absolute Gasteiger partial charge is 0.477 e. The molecule has 0 bridgehead atoms. The fourth-order valence-corrected chi connectivity index (χ4v) is 3.52. The lowest BCUT2D eigenvalue weighted by Gasteiger charge is -2.14. The van der Waals surface area contributed by atoms with Gasteiger partial charge in [0, 0.05) is 16.6 Å². The van der Waals surface area contributed by atoms with E-state index >= 15 is 0 Å². The van der Waals surface area contributed by atoms with Gasteiger partial charge in [0.2, 0.25) is 0 Å². The van der Waals surface area contributed by atoms with Crippen LogP contribution in [0.1, 0.15) is 35.4 Å². The molecule has 1 heterocycles. The Labute approximate surface area is 122 Å². The van der Waals surface area contributed by atoms with Crippen molar-refractivity contribution in [2.45, 2.75) is 31.7 Å². The Hall–Kier alpha value is -1.81. The molecule has 0 radical (unpaired) electrons. The highest BCUT2D eigenvalue weighted by molar-refractivity contribution is 7.17. The van der Waals surface area contributed by atoms with Gasteiger partial charge < -0.3 is 10.4 Å². The number of hydrogen-bond acceptors (Lipinski definition) is 3. The smallest absolute Gasteiger partial charge is 0.345 e.